The first-order valence-electron chi connectivity index (χ1n) is 5.35. The SMILES string of the molecule is CCNC(c1csc(C)n1)c1ccn(C)n1. The predicted octanol–water partition coefficient (Wildman–Crippen LogP) is 1.88. The first-order chi connectivity index (χ1) is 7.70. The highest BCUT2D eigenvalue weighted by molar-refractivity contribution is 7.09. The van der Waals surface area contributed by atoms with Crippen molar-refractivity contribution >= 4 is 11.3 Å². The van der Waals surface area contributed by atoms with E-state index in [2.05, 4.69) is 27.7 Å². The normalized spacial score (nSPS) is 12.9. The van der Waals surface area contributed by atoms with E-state index in [4.69, 9.17) is 0 Å². The van der Waals surface area contributed by atoms with Crippen LogP contribution in [0.25, 0.3) is 0 Å². The fourth-order valence-electron chi connectivity index (χ4n) is 1.66. The van der Waals surface area contributed by atoms with Gasteiger partial charge in [0.15, 0.2) is 0 Å². The monoisotopic (exact) mass is 236 g/mol. The van der Waals surface area contributed by atoms with E-state index in [0.29, 0.717) is 0 Å². The van der Waals surface area contributed by atoms with Crippen molar-refractivity contribution in [3.8, 4) is 0 Å². The van der Waals surface area contributed by atoms with E-state index in [1.165, 1.54) is 0 Å². The van der Waals surface area contributed by atoms with Gasteiger partial charge < -0.3 is 5.32 Å². The van der Waals surface area contributed by atoms with Crippen LogP contribution in [0.5, 0.6) is 0 Å². The molecule has 0 aliphatic carbocycles. The molecular weight excluding hydrogens is 220 g/mol. The van der Waals surface area contributed by atoms with Crippen LogP contribution < -0.4 is 5.32 Å². The van der Waals surface area contributed by atoms with Gasteiger partial charge in [0.1, 0.15) is 0 Å². The Kier molecular flexibility index (Phi) is 3.36. The summed E-state index contributed by atoms with van der Waals surface area (Å²) in [5.74, 6) is 0. The standard InChI is InChI=1S/C11H16N4S/c1-4-12-11(9-5-6-15(3)14-9)10-7-16-8(2)13-10/h5-7,11-12H,4H2,1-3H3. The molecule has 1 unspecified atom stereocenters. The minimum atomic E-state index is 0.108. The maximum atomic E-state index is 4.52. The van der Waals surface area contributed by atoms with Gasteiger partial charge in [-0.1, -0.05) is 6.92 Å². The van der Waals surface area contributed by atoms with Crippen molar-refractivity contribution < 1.29 is 0 Å². The molecule has 0 fully saturated rings. The van der Waals surface area contributed by atoms with Gasteiger partial charge in [0.2, 0.25) is 0 Å². The Morgan fingerprint density at radius 3 is 2.81 bits per heavy atom. The van der Waals surface area contributed by atoms with Crippen LogP contribution in [0.1, 0.15) is 29.4 Å². The number of hydrogen-bond donors (Lipinski definition) is 1. The molecule has 1 atom stereocenters. The third-order valence-electron chi connectivity index (χ3n) is 2.37. The summed E-state index contributed by atoms with van der Waals surface area (Å²) in [6.07, 6.45) is 1.96. The third-order valence-corrected chi connectivity index (χ3v) is 3.16. The molecule has 0 aliphatic heterocycles. The van der Waals surface area contributed by atoms with Crippen molar-refractivity contribution in [1.82, 2.24) is 20.1 Å². The molecule has 0 bridgehead atoms. The van der Waals surface area contributed by atoms with E-state index >= 15 is 0 Å². The van der Waals surface area contributed by atoms with E-state index in [9.17, 15) is 0 Å². The number of rotatable bonds is 4. The quantitative estimate of drug-likeness (QED) is 0.881. The highest BCUT2D eigenvalue weighted by atomic mass is 32.1. The molecule has 16 heavy (non-hydrogen) atoms. The number of nitrogens with one attached hydrogen (secondary N) is 1. The summed E-state index contributed by atoms with van der Waals surface area (Å²) >= 11 is 1.67. The maximum Gasteiger partial charge on any atom is 0.0952 e. The van der Waals surface area contributed by atoms with Crippen molar-refractivity contribution in [1.29, 1.82) is 0 Å². The molecule has 0 amide bonds. The van der Waals surface area contributed by atoms with Gasteiger partial charge >= 0.3 is 0 Å². The zero-order valence-electron chi connectivity index (χ0n) is 9.77. The zero-order valence-corrected chi connectivity index (χ0v) is 10.6. The van der Waals surface area contributed by atoms with E-state index in [1.54, 1.807) is 11.3 Å². The Bertz CT molecular complexity index is 420. The minimum Gasteiger partial charge on any atom is -0.304 e. The minimum absolute atomic E-state index is 0.108. The fraction of sp³-hybridized carbons (Fsp3) is 0.455. The van der Waals surface area contributed by atoms with Gasteiger partial charge in [0.25, 0.3) is 0 Å². The molecule has 1 N–H and O–H groups in total. The Hall–Kier alpha value is -1.20. The fourth-order valence-corrected chi connectivity index (χ4v) is 2.30. The lowest BCUT2D eigenvalue weighted by molar-refractivity contribution is 0.589. The van der Waals surface area contributed by atoms with E-state index in [-0.39, 0.29) is 6.04 Å². The van der Waals surface area contributed by atoms with Crippen LogP contribution in [-0.2, 0) is 7.05 Å². The van der Waals surface area contributed by atoms with Crippen LogP contribution in [0.15, 0.2) is 17.6 Å². The molecule has 86 valence electrons. The van der Waals surface area contributed by atoms with Crippen molar-refractivity contribution in [3.05, 3.63) is 34.0 Å². The van der Waals surface area contributed by atoms with E-state index in [0.717, 1.165) is 22.9 Å². The number of thiazole rings is 1. The molecule has 0 aromatic carbocycles. The van der Waals surface area contributed by atoms with Gasteiger partial charge in [0, 0.05) is 18.6 Å². The average Bonchev–Trinajstić information content (AvgIpc) is 2.84. The molecule has 2 aromatic heterocycles. The van der Waals surface area contributed by atoms with Crippen LogP contribution >= 0.6 is 11.3 Å². The summed E-state index contributed by atoms with van der Waals surface area (Å²) in [5, 5.41) is 11.0. The van der Waals surface area contributed by atoms with Gasteiger partial charge in [-0.05, 0) is 19.5 Å². The second-order valence-electron chi connectivity index (χ2n) is 3.70. The molecule has 0 radical (unpaired) electrons. The predicted molar refractivity (Wildman–Crippen MR) is 65.6 cm³/mol. The number of hydrogen-bond acceptors (Lipinski definition) is 4. The summed E-state index contributed by atoms with van der Waals surface area (Å²) in [6.45, 7) is 5.02. The molecule has 2 heterocycles. The Morgan fingerprint density at radius 2 is 2.31 bits per heavy atom. The third kappa shape index (κ3) is 2.31. The summed E-state index contributed by atoms with van der Waals surface area (Å²) in [7, 11) is 1.93. The highest BCUT2D eigenvalue weighted by Gasteiger charge is 2.17. The van der Waals surface area contributed by atoms with Gasteiger partial charge in [-0.15, -0.1) is 11.3 Å². The van der Waals surface area contributed by atoms with Gasteiger partial charge in [-0.2, -0.15) is 5.10 Å². The molecule has 0 saturated carbocycles. The van der Waals surface area contributed by atoms with Gasteiger partial charge in [-0.25, -0.2) is 4.98 Å². The molecule has 0 spiro atoms. The molecule has 2 rings (SSSR count). The maximum absolute atomic E-state index is 4.52. The molecule has 0 aliphatic rings. The zero-order chi connectivity index (χ0) is 11.5. The summed E-state index contributed by atoms with van der Waals surface area (Å²) in [6, 6.07) is 2.14. The van der Waals surface area contributed by atoms with Gasteiger partial charge in [0.05, 0.1) is 22.4 Å². The van der Waals surface area contributed by atoms with Crippen LogP contribution in [0, 0.1) is 6.92 Å². The summed E-state index contributed by atoms with van der Waals surface area (Å²) < 4.78 is 1.82. The van der Waals surface area contributed by atoms with Crippen molar-refractivity contribution in [2.45, 2.75) is 19.9 Å². The lowest BCUT2D eigenvalue weighted by atomic mass is 10.1. The molecule has 0 saturated heterocycles. The lowest BCUT2D eigenvalue weighted by Gasteiger charge is -2.12. The molecule has 5 heteroatoms. The Labute approximate surface area is 99.3 Å². The first kappa shape index (κ1) is 11.3. The van der Waals surface area contributed by atoms with Gasteiger partial charge in [-0.3, -0.25) is 4.68 Å². The Morgan fingerprint density at radius 1 is 1.50 bits per heavy atom. The van der Waals surface area contributed by atoms with Crippen molar-refractivity contribution in [3.63, 3.8) is 0 Å². The van der Waals surface area contributed by atoms with Crippen LogP contribution in [0.3, 0.4) is 0 Å². The second kappa shape index (κ2) is 4.76. The lowest BCUT2D eigenvalue weighted by Crippen LogP contribution is -2.23. The second-order valence-corrected chi connectivity index (χ2v) is 4.76. The molecular formula is C11H16N4S. The molecule has 4 nitrogen and oxygen atoms in total. The largest absolute Gasteiger partial charge is 0.304 e. The average molecular weight is 236 g/mol. The first-order valence-corrected chi connectivity index (χ1v) is 6.23. The van der Waals surface area contributed by atoms with E-state index < -0.39 is 0 Å². The van der Waals surface area contributed by atoms with Crippen molar-refractivity contribution in [2.24, 2.45) is 7.05 Å². The topological polar surface area (TPSA) is 42.7 Å². The smallest absolute Gasteiger partial charge is 0.0952 e. The number of nitrogens with zero attached hydrogens (tertiary/aromatic N) is 3. The Balaban J connectivity index is 2.30. The van der Waals surface area contributed by atoms with Crippen LogP contribution in [-0.4, -0.2) is 21.3 Å². The summed E-state index contributed by atoms with van der Waals surface area (Å²) in [5.41, 5.74) is 2.08. The van der Waals surface area contributed by atoms with Crippen LogP contribution in [0.2, 0.25) is 0 Å². The number of aromatic nitrogens is 3. The highest BCUT2D eigenvalue weighted by Crippen LogP contribution is 2.21. The van der Waals surface area contributed by atoms with Crippen molar-refractivity contribution in [2.75, 3.05) is 6.54 Å². The summed E-state index contributed by atoms with van der Waals surface area (Å²) in [4.78, 5) is 4.52. The van der Waals surface area contributed by atoms with Crippen LogP contribution in [0.4, 0.5) is 0 Å². The van der Waals surface area contributed by atoms with E-state index in [1.807, 2.05) is 30.9 Å². The number of aryl methyl sites for hydroxylation is 2. The molecule has 2 aromatic rings.